The second-order valence-electron chi connectivity index (χ2n) is 8.10. The Bertz CT molecular complexity index is 793. The highest BCUT2D eigenvalue weighted by Crippen LogP contribution is 2.42. The first-order chi connectivity index (χ1) is 13.6. The van der Waals surface area contributed by atoms with E-state index in [9.17, 15) is 9.59 Å². The first kappa shape index (κ1) is 20.5. The van der Waals surface area contributed by atoms with Crippen molar-refractivity contribution in [3.63, 3.8) is 0 Å². The molecule has 1 aliphatic rings. The molecule has 0 saturated heterocycles. The van der Waals surface area contributed by atoms with Crippen LogP contribution in [0.5, 0.6) is 0 Å². The molecule has 1 aliphatic carbocycles. The second kappa shape index (κ2) is 9.32. The van der Waals surface area contributed by atoms with Crippen LogP contribution >= 0.6 is 0 Å². The van der Waals surface area contributed by atoms with E-state index >= 15 is 0 Å². The molecule has 0 aliphatic heterocycles. The van der Waals surface area contributed by atoms with E-state index < -0.39 is 0 Å². The monoisotopic (exact) mass is 376 g/mol. The second-order valence-corrected chi connectivity index (χ2v) is 8.10. The minimum absolute atomic E-state index is 0.173. The van der Waals surface area contributed by atoms with Crippen LogP contribution in [0.2, 0.25) is 0 Å². The van der Waals surface area contributed by atoms with Gasteiger partial charge in [-0.1, -0.05) is 88.1 Å². The van der Waals surface area contributed by atoms with Gasteiger partial charge in [-0.3, -0.25) is 9.59 Å². The summed E-state index contributed by atoms with van der Waals surface area (Å²) in [6.45, 7) is 4.03. The average molecular weight is 377 g/mol. The molecule has 0 amide bonds. The van der Waals surface area contributed by atoms with Gasteiger partial charge in [0.1, 0.15) is 5.78 Å². The van der Waals surface area contributed by atoms with Crippen LogP contribution in [0.4, 0.5) is 0 Å². The summed E-state index contributed by atoms with van der Waals surface area (Å²) in [5.74, 6) is 0.607. The zero-order chi connectivity index (χ0) is 20.0. The first-order valence-electron chi connectivity index (χ1n) is 10.9. The Kier molecular flexibility index (Phi) is 6.83. The normalized spacial score (nSPS) is 15.9. The predicted octanol–water partition coefficient (Wildman–Crippen LogP) is 6.91. The summed E-state index contributed by atoms with van der Waals surface area (Å²) in [6, 6.07) is 16.4. The third-order valence-corrected chi connectivity index (χ3v) is 6.30. The van der Waals surface area contributed by atoms with Crippen molar-refractivity contribution in [3.05, 3.63) is 59.7 Å². The lowest BCUT2D eigenvalue weighted by atomic mass is 9.65. The number of Topliss-reactive ketones (excluding diaryl/α,β-unsaturated/α-hetero) is 2. The van der Waals surface area contributed by atoms with E-state index in [-0.39, 0.29) is 11.2 Å². The highest BCUT2D eigenvalue weighted by molar-refractivity contribution is 5.96. The summed E-state index contributed by atoms with van der Waals surface area (Å²) >= 11 is 0. The van der Waals surface area contributed by atoms with Gasteiger partial charge in [-0.05, 0) is 36.0 Å². The van der Waals surface area contributed by atoms with Gasteiger partial charge >= 0.3 is 0 Å². The Labute approximate surface area is 169 Å². The quantitative estimate of drug-likeness (QED) is 0.469. The van der Waals surface area contributed by atoms with E-state index in [2.05, 4.69) is 31.2 Å². The maximum atomic E-state index is 13.1. The Morgan fingerprint density at radius 1 is 0.821 bits per heavy atom. The molecule has 0 unspecified atom stereocenters. The van der Waals surface area contributed by atoms with Crippen LogP contribution in [0.3, 0.4) is 0 Å². The van der Waals surface area contributed by atoms with Crippen molar-refractivity contribution in [1.29, 1.82) is 0 Å². The van der Waals surface area contributed by atoms with Crippen LogP contribution in [0.15, 0.2) is 48.5 Å². The Balaban J connectivity index is 1.85. The molecular formula is C26H32O2. The number of rotatable bonds is 8. The highest BCUT2D eigenvalue weighted by Gasteiger charge is 2.39. The van der Waals surface area contributed by atoms with Gasteiger partial charge < -0.3 is 0 Å². The van der Waals surface area contributed by atoms with E-state index in [4.69, 9.17) is 0 Å². The molecule has 28 heavy (non-hydrogen) atoms. The molecular weight excluding hydrogens is 344 g/mol. The highest BCUT2D eigenvalue weighted by atomic mass is 16.1. The zero-order valence-electron chi connectivity index (χ0n) is 17.3. The van der Waals surface area contributed by atoms with E-state index in [1.807, 2.05) is 31.2 Å². The fourth-order valence-electron chi connectivity index (χ4n) is 4.49. The molecule has 2 heteroatoms. The Hall–Kier alpha value is -2.22. The Morgan fingerprint density at radius 2 is 1.39 bits per heavy atom. The number of hydrogen-bond donors (Lipinski definition) is 0. The molecule has 0 N–H and O–H groups in total. The van der Waals surface area contributed by atoms with Crippen molar-refractivity contribution in [2.24, 2.45) is 0 Å². The van der Waals surface area contributed by atoms with Gasteiger partial charge in [-0.2, -0.15) is 0 Å². The molecule has 0 bridgehead atoms. The van der Waals surface area contributed by atoms with Crippen molar-refractivity contribution in [3.8, 4) is 11.1 Å². The Morgan fingerprint density at radius 3 is 1.93 bits per heavy atom. The van der Waals surface area contributed by atoms with Gasteiger partial charge in [0.25, 0.3) is 0 Å². The van der Waals surface area contributed by atoms with Gasteiger partial charge in [0.05, 0.1) is 5.41 Å². The van der Waals surface area contributed by atoms with Crippen molar-refractivity contribution in [1.82, 2.24) is 0 Å². The molecule has 0 heterocycles. The molecule has 2 nitrogen and oxygen atoms in total. The lowest BCUT2D eigenvalue weighted by Crippen LogP contribution is -2.37. The summed E-state index contributed by atoms with van der Waals surface area (Å²) in [6.07, 6.45) is 8.79. The predicted molar refractivity (Wildman–Crippen MR) is 116 cm³/mol. The molecule has 0 atom stereocenters. The largest absolute Gasteiger partial charge is 0.299 e. The lowest BCUT2D eigenvalue weighted by Gasteiger charge is -2.36. The molecule has 0 aromatic heterocycles. The molecule has 2 aromatic rings. The van der Waals surface area contributed by atoms with Crippen LogP contribution in [0.25, 0.3) is 11.1 Å². The van der Waals surface area contributed by atoms with Gasteiger partial charge in [-0.25, -0.2) is 0 Å². The van der Waals surface area contributed by atoms with Crippen LogP contribution in [-0.4, -0.2) is 11.6 Å². The lowest BCUT2D eigenvalue weighted by molar-refractivity contribution is -0.126. The minimum atomic E-state index is -0.274. The molecule has 1 saturated carbocycles. The maximum absolute atomic E-state index is 13.1. The first-order valence-corrected chi connectivity index (χ1v) is 10.9. The van der Waals surface area contributed by atoms with Crippen molar-refractivity contribution >= 4 is 11.6 Å². The number of unbranched alkanes of at least 4 members (excludes halogenated alkanes) is 1. The van der Waals surface area contributed by atoms with E-state index in [0.717, 1.165) is 55.2 Å². The van der Waals surface area contributed by atoms with Gasteiger partial charge in [0, 0.05) is 18.4 Å². The van der Waals surface area contributed by atoms with Crippen molar-refractivity contribution in [2.45, 2.75) is 77.0 Å². The maximum Gasteiger partial charge on any atom is 0.162 e. The molecule has 2 aromatic carbocycles. The van der Waals surface area contributed by atoms with Gasteiger partial charge in [0.15, 0.2) is 5.78 Å². The van der Waals surface area contributed by atoms with Crippen LogP contribution in [0.1, 0.15) is 87.6 Å². The van der Waals surface area contributed by atoms with Gasteiger partial charge in [-0.15, -0.1) is 0 Å². The van der Waals surface area contributed by atoms with Crippen LogP contribution < -0.4 is 0 Å². The summed E-state index contributed by atoms with van der Waals surface area (Å²) in [4.78, 5) is 25.0. The van der Waals surface area contributed by atoms with E-state index in [1.165, 1.54) is 12.0 Å². The van der Waals surface area contributed by atoms with Crippen LogP contribution in [0, 0.1) is 0 Å². The van der Waals surface area contributed by atoms with Crippen molar-refractivity contribution < 1.29 is 9.59 Å². The van der Waals surface area contributed by atoms with Gasteiger partial charge in [0.2, 0.25) is 0 Å². The number of benzene rings is 2. The number of ketones is 2. The van der Waals surface area contributed by atoms with E-state index in [1.54, 1.807) is 0 Å². The zero-order valence-corrected chi connectivity index (χ0v) is 17.3. The fourth-order valence-corrected chi connectivity index (χ4v) is 4.49. The smallest absolute Gasteiger partial charge is 0.162 e. The minimum Gasteiger partial charge on any atom is -0.299 e. The van der Waals surface area contributed by atoms with Crippen molar-refractivity contribution in [2.75, 3.05) is 0 Å². The molecule has 3 rings (SSSR count). The standard InChI is InChI=1S/C26H32O2/c1-3-5-9-25(28)26(18-7-6-8-19-26)23-16-14-21(15-17-23)20-10-12-22(13-11-20)24(27)4-2/h10-17H,3-9,18-19H2,1-2H3. The van der Waals surface area contributed by atoms with Crippen LogP contribution in [-0.2, 0) is 10.2 Å². The summed E-state index contributed by atoms with van der Waals surface area (Å²) in [5.41, 5.74) is 3.92. The number of carbonyl (C=O) groups is 2. The molecule has 148 valence electrons. The number of hydrogen-bond acceptors (Lipinski definition) is 2. The summed E-state index contributed by atoms with van der Waals surface area (Å²) in [7, 11) is 0. The molecule has 1 fully saturated rings. The molecule has 0 spiro atoms. The fraction of sp³-hybridized carbons (Fsp3) is 0.462. The van der Waals surface area contributed by atoms with E-state index in [0.29, 0.717) is 18.6 Å². The SMILES string of the molecule is CCCCC(=O)C1(c2ccc(-c3ccc(C(=O)CC)cc3)cc2)CCCCC1. The summed E-state index contributed by atoms with van der Waals surface area (Å²) < 4.78 is 0. The third-order valence-electron chi connectivity index (χ3n) is 6.30. The topological polar surface area (TPSA) is 34.1 Å². The number of carbonyl (C=O) groups excluding carboxylic acids is 2. The average Bonchev–Trinajstić information content (AvgIpc) is 2.77. The third kappa shape index (κ3) is 4.27. The summed E-state index contributed by atoms with van der Waals surface area (Å²) in [5, 5.41) is 0. The molecule has 0 radical (unpaired) electrons.